The molecule has 2 aromatic rings. The van der Waals surface area contributed by atoms with Gasteiger partial charge in [-0.2, -0.15) is 9.57 Å². The number of nitriles is 1. The van der Waals surface area contributed by atoms with Gasteiger partial charge in [-0.3, -0.25) is 4.79 Å². The third kappa shape index (κ3) is 4.63. The van der Waals surface area contributed by atoms with Crippen LogP contribution in [0.3, 0.4) is 0 Å². The predicted molar refractivity (Wildman–Crippen MR) is 107 cm³/mol. The van der Waals surface area contributed by atoms with Crippen molar-refractivity contribution in [3.05, 3.63) is 59.9 Å². The van der Waals surface area contributed by atoms with E-state index >= 15 is 0 Å². The lowest BCUT2D eigenvalue weighted by atomic mass is 10.1. The smallest absolute Gasteiger partial charge is 0.258 e. The Morgan fingerprint density at radius 1 is 1.07 bits per heavy atom. The Bertz CT molecular complexity index is 1010. The van der Waals surface area contributed by atoms with Crippen LogP contribution in [-0.4, -0.2) is 38.3 Å². The van der Waals surface area contributed by atoms with Crippen molar-refractivity contribution in [2.24, 2.45) is 0 Å². The van der Waals surface area contributed by atoms with Crippen LogP contribution in [0.5, 0.6) is 0 Å². The van der Waals surface area contributed by atoms with Crippen molar-refractivity contribution in [2.75, 3.05) is 24.5 Å². The van der Waals surface area contributed by atoms with E-state index in [2.05, 4.69) is 0 Å². The van der Waals surface area contributed by atoms with Crippen LogP contribution < -0.4 is 4.90 Å². The lowest BCUT2D eigenvalue weighted by molar-refractivity contribution is 0.0986. The summed E-state index contributed by atoms with van der Waals surface area (Å²) in [4.78, 5) is 14.3. The average molecular weight is 415 g/mol. The molecule has 2 aromatic carbocycles. The van der Waals surface area contributed by atoms with Gasteiger partial charge < -0.3 is 4.90 Å². The molecule has 8 heteroatoms. The van der Waals surface area contributed by atoms with Crippen molar-refractivity contribution in [3.63, 3.8) is 0 Å². The first-order chi connectivity index (χ1) is 13.9. The van der Waals surface area contributed by atoms with E-state index in [1.807, 2.05) is 6.07 Å². The Hall–Kier alpha value is -2.76. The molecule has 3 rings (SSSR count). The van der Waals surface area contributed by atoms with Crippen LogP contribution in [0.1, 0.15) is 36.0 Å². The molecule has 0 atom stereocenters. The van der Waals surface area contributed by atoms with Crippen molar-refractivity contribution in [1.29, 1.82) is 5.26 Å². The molecule has 1 aliphatic rings. The summed E-state index contributed by atoms with van der Waals surface area (Å²) in [6.07, 6.45) is 2.74. The lowest BCUT2D eigenvalue weighted by Gasteiger charge is -2.26. The first-order valence-electron chi connectivity index (χ1n) is 9.48. The largest absolute Gasteiger partial charge is 0.304 e. The van der Waals surface area contributed by atoms with Gasteiger partial charge in [-0.25, -0.2) is 12.8 Å². The van der Waals surface area contributed by atoms with Crippen LogP contribution >= 0.6 is 0 Å². The highest BCUT2D eigenvalue weighted by Gasteiger charge is 2.26. The monoisotopic (exact) mass is 415 g/mol. The number of hydrogen-bond donors (Lipinski definition) is 0. The molecule has 0 spiro atoms. The third-order valence-corrected chi connectivity index (χ3v) is 6.80. The predicted octanol–water partition coefficient (Wildman–Crippen LogP) is 3.56. The molecule has 1 amide bonds. The molecule has 1 saturated heterocycles. The Morgan fingerprint density at radius 2 is 1.72 bits per heavy atom. The fraction of sp³-hybridized carbons (Fsp3) is 0.333. The van der Waals surface area contributed by atoms with E-state index in [1.54, 1.807) is 6.07 Å². The second-order valence-corrected chi connectivity index (χ2v) is 8.74. The number of hydrogen-bond acceptors (Lipinski definition) is 4. The van der Waals surface area contributed by atoms with Crippen LogP contribution in [0.4, 0.5) is 10.1 Å². The number of sulfonamides is 1. The lowest BCUT2D eigenvalue weighted by Crippen LogP contribution is -2.35. The van der Waals surface area contributed by atoms with Gasteiger partial charge >= 0.3 is 0 Å². The quantitative estimate of drug-likeness (QED) is 0.722. The molecule has 0 N–H and O–H groups in total. The number of piperidine rings is 1. The summed E-state index contributed by atoms with van der Waals surface area (Å²) < 4.78 is 41.2. The number of rotatable bonds is 6. The minimum atomic E-state index is -3.59. The van der Waals surface area contributed by atoms with Crippen LogP contribution in [0.15, 0.2) is 53.4 Å². The number of nitrogens with zero attached hydrogens (tertiary/aromatic N) is 3. The Morgan fingerprint density at radius 3 is 2.34 bits per heavy atom. The molecular weight excluding hydrogens is 393 g/mol. The van der Waals surface area contributed by atoms with Crippen LogP contribution in [0, 0.1) is 17.1 Å². The minimum Gasteiger partial charge on any atom is -0.304 e. The minimum absolute atomic E-state index is 0.0318. The summed E-state index contributed by atoms with van der Waals surface area (Å²) in [5.74, 6) is -1.06. The zero-order chi connectivity index (χ0) is 20.9. The Kier molecular flexibility index (Phi) is 6.62. The van der Waals surface area contributed by atoms with Gasteiger partial charge in [0.2, 0.25) is 10.0 Å². The number of halogens is 1. The van der Waals surface area contributed by atoms with E-state index in [-0.39, 0.29) is 29.1 Å². The maximum atomic E-state index is 14.2. The van der Waals surface area contributed by atoms with Gasteiger partial charge in [-0.1, -0.05) is 18.6 Å². The van der Waals surface area contributed by atoms with Gasteiger partial charge in [0.05, 0.1) is 23.1 Å². The molecule has 0 saturated carbocycles. The van der Waals surface area contributed by atoms with E-state index in [9.17, 15) is 17.6 Å². The van der Waals surface area contributed by atoms with E-state index in [0.717, 1.165) is 19.3 Å². The Labute approximate surface area is 170 Å². The van der Waals surface area contributed by atoms with E-state index in [4.69, 9.17) is 5.26 Å². The molecule has 0 unspecified atom stereocenters. The number of carbonyl (C=O) groups is 1. The molecule has 0 radical (unpaired) electrons. The number of carbonyl (C=O) groups excluding carboxylic acids is 1. The van der Waals surface area contributed by atoms with Crippen LogP contribution in [-0.2, 0) is 10.0 Å². The third-order valence-electron chi connectivity index (χ3n) is 4.89. The van der Waals surface area contributed by atoms with E-state index in [1.165, 1.54) is 51.7 Å². The summed E-state index contributed by atoms with van der Waals surface area (Å²) in [6, 6.07) is 13.5. The standard InChI is InChI=1S/C21H22FN3O3S/c22-19-7-2-3-8-20(19)25(16-6-13-23)21(26)17-9-11-18(12-10-17)29(27,28)24-14-4-1-5-15-24/h2-3,7-12H,1,4-6,14-16H2. The Balaban J connectivity index is 1.86. The van der Waals surface area contributed by atoms with Gasteiger partial charge in [0.25, 0.3) is 5.91 Å². The summed E-state index contributed by atoms with van der Waals surface area (Å²) >= 11 is 0. The summed E-state index contributed by atoms with van der Waals surface area (Å²) in [6.45, 7) is 1.03. The van der Waals surface area contributed by atoms with Crippen molar-refractivity contribution in [1.82, 2.24) is 4.31 Å². The number of benzene rings is 2. The van der Waals surface area contributed by atoms with Gasteiger partial charge in [-0.15, -0.1) is 0 Å². The first kappa shape index (κ1) is 21.0. The molecule has 1 fully saturated rings. The summed E-state index contributed by atoms with van der Waals surface area (Å²) in [7, 11) is -3.59. The van der Waals surface area contributed by atoms with Crippen molar-refractivity contribution >= 4 is 21.6 Å². The zero-order valence-corrected chi connectivity index (χ0v) is 16.7. The molecule has 0 aliphatic carbocycles. The van der Waals surface area contributed by atoms with E-state index < -0.39 is 21.7 Å². The second-order valence-electron chi connectivity index (χ2n) is 6.81. The molecule has 152 valence electrons. The molecule has 0 aromatic heterocycles. The molecule has 29 heavy (non-hydrogen) atoms. The topological polar surface area (TPSA) is 81.5 Å². The average Bonchev–Trinajstić information content (AvgIpc) is 2.75. The van der Waals surface area contributed by atoms with Gasteiger partial charge in [0.15, 0.2) is 0 Å². The second kappa shape index (κ2) is 9.16. The number of amides is 1. The number of anilines is 1. The SMILES string of the molecule is N#CCCN(C(=O)c1ccc(S(=O)(=O)N2CCCCC2)cc1)c1ccccc1F. The summed E-state index contributed by atoms with van der Waals surface area (Å²) in [5, 5.41) is 8.88. The highest BCUT2D eigenvalue weighted by atomic mass is 32.2. The molecule has 0 bridgehead atoms. The van der Waals surface area contributed by atoms with Gasteiger partial charge in [0.1, 0.15) is 5.82 Å². The maximum Gasteiger partial charge on any atom is 0.258 e. The van der Waals surface area contributed by atoms with Crippen molar-refractivity contribution in [2.45, 2.75) is 30.6 Å². The fourth-order valence-electron chi connectivity index (χ4n) is 3.34. The number of para-hydroxylation sites is 1. The highest BCUT2D eigenvalue weighted by Crippen LogP contribution is 2.24. The van der Waals surface area contributed by atoms with E-state index in [0.29, 0.717) is 13.1 Å². The van der Waals surface area contributed by atoms with Crippen LogP contribution in [0.2, 0.25) is 0 Å². The highest BCUT2D eigenvalue weighted by molar-refractivity contribution is 7.89. The molecular formula is C21H22FN3O3S. The first-order valence-corrected chi connectivity index (χ1v) is 10.9. The molecule has 1 heterocycles. The van der Waals surface area contributed by atoms with Crippen LogP contribution in [0.25, 0.3) is 0 Å². The fourth-order valence-corrected chi connectivity index (χ4v) is 4.86. The molecule has 1 aliphatic heterocycles. The summed E-state index contributed by atoms with van der Waals surface area (Å²) in [5.41, 5.74) is 0.307. The zero-order valence-electron chi connectivity index (χ0n) is 15.9. The van der Waals surface area contributed by atoms with Gasteiger partial charge in [0, 0.05) is 25.2 Å². The van der Waals surface area contributed by atoms with Gasteiger partial charge in [-0.05, 0) is 49.2 Å². The van der Waals surface area contributed by atoms with Crippen molar-refractivity contribution in [3.8, 4) is 6.07 Å². The molecule has 6 nitrogen and oxygen atoms in total. The van der Waals surface area contributed by atoms with Crippen molar-refractivity contribution < 1.29 is 17.6 Å². The maximum absolute atomic E-state index is 14.2. The normalized spacial score (nSPS) is 14.9.